The Kier molecular flexibility index (Phi) is 6.47. The standard InChI is InChI=1S/C20H28N4O3/c1-4-26-14-17-13-23(10-11-27-17)20(25)21-19-12-18(22-24(19)15(2)3)16-8-6-5-7-9-16/h5-9,12,15,17H,4,10-11,13-14H2,1-3H3,(H,21,25). The van der Waals surface area contributed by atoms with Crippen LogP contribution >= 0.6 is 0 Å². The van der Waals surface area contributed by atoms with Crippen LogP contribution in [0.2, 0.25) is 0 Å². The normalized spacial score (nSPS) is 17.3. The highest BCUT2D eigenvalue weighted by molar-refractivity contribution is 5.89. The summed E-state index contributed by atoms with van der Waals surface area (Å²) in [6.07, 6.45) is -0.0839. The van der Waals surface area contributed by atoms with Crippen molar-refractivity contribution in [2.45, 2.75) is 32.9 Å². The van der Waals surface area contributed by atoms with Crippen molar-refractivity contribution in [3.05, 3.63) is 36.4 Å². The van der Waals surface area contributed by atoms with Crippen molar-refractivity contribution in [2.24, 2.45) is 0 Å². The summed E-state index contributed by atoms with van der Waals surface area (Å²) in [7, 11) is 0. The molecule has 1 N–H and O–H groups in total. The van der Waals surface area contributed by atoms with E-state index in [-0.39, 0.29) is 18.2 Å². The van der Waals surface area contributed by atoms with E-state index in [0.717, 1.165) is 11.3 Å². The van der Waals surface area contributed by atoms with Crippen LogP contribution in [-0.2, 0) is 9.47 Å². The molecular weight excluding hydrogens is 344 g/mol. The Bertz CT molecular complexity index is 745. The molecule has 3 rings (SSSR count). The zero-order valence-corrected chi connectivity index (χ0v) is 16.2. The minimum absolute atomic E-state index is 0.0839. The Labute approximate surface area is 160 Å². The minimum atomic E-state index is -0.138. The van der Waals surface area contributed by atoms with Gasteiger partial charge in [0.1, 0.15) is 5.82 Å². The fourth-order valence-electron chi connectivity index (χ4n) is 3.07. The molecule has 1 saturated heterocycles. The van der Waals surface area contributed by atoms with Gasteiger partial charge in [0.15, 0.2) is 0 Å². The van der Waals surface area contributed by atoms with Gasteiger partial charge in [0, 0.05) is 30.8 Å². The lowest BCUT2D eigenvalue weighted by Gasteiger charge is -2.32. The molecule has 27 heavy (non-hydrogen) atoms. The van der Waals surface area contributed by atoms with Crippen LogP contribution in [0.4, 0.5) is 10.6 Å². The van der Waals surface area contributed by atoms with Crippen molar-refractivity contribution in [3.63, 3.8) is 0 Å². The van der Waals surface area contributed by atoms with Gasteiger partial charge in [0.2, 0.25) is 0 Å². The molecule has 2 amide bonds. The van der Waals surface area contributed by atoms with Gasteiger partial charge in [-0.15, -0.1) is 0 Å². The number of morpholine rings is 1. The van der Waals surface area contributed by atoms with Gasteiger partial charge in [0.05, 0.1) is 31.6 Å². The van der Waals surface area contributed by atoms with E-state index in [1.165, 1.54) is 0 Å². The lowest BCUT2D eigenvalue weighted by molar-refractivity contribution is -0.0555. The minimum Gasteiger partial charge on any atom is -0.379 e. The average Bonchev–Trinajstić information content (AvgIpc) is 3.11. The summed E-state index contributed by atoms with van der Waals surface area (Å²) in [6.45, 7) is 8.79. The number of nitrogens with zero attached hydrogens (tertiary/aromatic N) is 3. The van der Waals surface area contributed by atoms with E-state index in [1.54, 1.807) is 4.90 Å². The number of carbonyl (C=O) groups is 1. The molecule has 0 radical (unpaired) electrons. The summed E-state index contributed by atoms with van der Waals surface area (Å²) in [6, 6.07) is 11.9. The maximum atomic E-state index is 12.8. The molecule has 2 heterocycles. The van der Waals surface area contributed by atoms with Gasteiger partial charge in [0.25, 0.3) is 0 Å². The lowest BCUT2D eigenvalue weighted by atomic mass is 10.2. The Balaban J connectivity index is 1.72. The summed E-state index contributed by atoms with van der Waals surface area (Å²) in [5.41, 5.74) is 1.87. The Hall–Kier alpha value is -2.38. The number of carbonyl (C=O) groups excluding carboxylic acids is 1. The molecule has 1 aromatic carbocycles. The van der Waals surface area contributed by atoms with Gasteiger partial charge in [-0.05, 0) is 20.8 Å². The number of anilines is 1. The number of rotatable bonds is 6. The van der Waals surface area contributed by atoms with E-state index in [0.29, 0.717) is 38.7 Å². The second-order valence-corrected chi connectivity index (χ2v) is 6.85. The highest BCUT2D eigenvalue weighted by Gasteiger charge is 2.25. The van der Waals surface area contributed by atoms with Crippen LogP contribution < -0.4 is 5.32 Å². The van der Waals surface area contributed by atoms with Crippen molar-refractivity contribution in [2.75, 3.05) is 38.2 Å². The highest BCUT2D eigenvalue weighted by atomic mass is 16.5. The van der Waals surface area contributed by atoms with Crippen LogP contribution in [0.5, 0.6) is 0 Å². The highest BCUT2D eigenvalue weighted by Crippen LogP contribution is 2.24. The van der Waals surface area contributed by atoms with Gasteiger partial charge in [-0.25, -0.2) is 9.48 Å². The molecule has 7 nitrogen and oxygen atoms in total. The SMILES string of the molecule is CCOCC1CN(C(=O)Nc2cc(-c3ccccc3)nn2C(C)C)CCO1. The van der Waals surface area contributed by atoms with Crippen molar-refractivity contribution in [1.82, 2.24) is 14.7 Å². The fourth-order valence-corrected chi connectivity index (χ4v) is 3.07. The molecule has 7 heteroatoms. The smallest absolute Gasteiger partial charge is 0.323 e. The van der Waals surface area contributed by atoms with Gasteiger partial charge >= 0.3 is 6.03 Å². The number of urea groups is 1. The summed E-state index contributed by atoms with van der Waals surface area (Å²) in [5.74, 6) is 0.696. The average molecular weight is 372 g/mol. The Morgan fingerprint density at radius 2 is 2.15 bits per heavy atom. The van der Waals surface area contributed by atoms with Crippen molar-refractivity contribution in [3.8, 4) is 11.3 Å². The van der Waals surface area contributed by atoms with Crippen molar-refractivity contribution < 1.29 is 14.3 Å². The van der Waals surface area contributed by atoms with Crippen molar-refractivity contribution >= 4 is 11.8 Å². The van der Waals surface area contributed by atoms with Crippen LogP contribution in [-0.4, -0.2) is 59.7 Å². The molecule has 0 spiro atoms. The quantitative estimate of drug-likeness (QED) is 0.844. The molecule has 1 unspecified atom stereocenters. The lowest BCUT2D eigenvalue weighted by Crippen LogP contribution is -2.48. The van der Waals surface area contributed by atoms with E-state index in [1.807, 2.05) is 61.9 Å². The Morgan fingerprint density at radius 3 is 2.85 bits per heavy atom. The third-order valence-electron chi connectivity index (χ3n) is 4.46. The van der Waals surface area contributed by atoms with Gasteiger partial charge < -0.3 is 14.4 Å². The van der Waals surface area contributed by atoms with Crippen LogP contribution in [0, 0.1) is 0 Å². The van der Waals surface area contributed by atoms with E-state index in [2.05, 4.69) is 10.4 Å². The van der Waals surface area contributed by atoms with Crippen LogP contribution in [0.25, 0.3) is 11.3 Å². The predicted molar refractivity (Wildman–Crippen MR) is 105 cm³/mol. The second kappa shape index (κ2) is 9.01. The molecule has 1 aromatic heterocycles. The summed E-state index contributed by atoms with van der Waals surface area (Å²) < 4.78 is 12.9. The largest absolute Gasteiger partial charge is 0.379 e. The molecule has 1 aliphatic heterocycles. The topological polar surface area (TPSA) is 68.6 Å². The molecule has 0 aliphatic carbocycles. The van der Waals surface area contributed by atoms with Gasteiger partial charge in [-0.2, -0.15) is 5.10 Å². The van der Waals surface area contributed by atoms with Gasteiger partial charge in [-0.1, -0.05) is 30.3 Å². The monoisotopic (exact) mass is 372 g/mol. The van der Waals surface area contributed by atoms with Gasteiger partial charge in [-0.3, -0.25) is 5.32 Å². The van der Waals surface area contributed by atoms with E-state index < -0.39 is 0 Å². The zero-order valence-electron chi connectivity index (χ0n) is 16.2. The molecule has 2 aromatic rings. The van der Waals surface area contributed by atoms with Crippen LogP contribution in [0.3, 0.4) is 0 Å². The third-order valence-corrected chi connectivity index (χ3v) is 4.46. The maximum Gasteiger partial charge on any atom is 0.323 e. The number of aromatic nitrogens is 2. The van der Waals surface area contributed by atoms with Crippen LogP contribution in [0.15, 0.2) is 36.4 Å². The summed E-state index contributed by atoms with van der Waals surface area (Å²) in [5, 5.41) is 7.69. The molecular formula is C20H28N4O3. The van der Waals surface area contributed by atoms with E-state index >= 15 is 0 Å². The summed E-state index contributed by atoms with van der Waals surface area (Å²) in [4.78, 5) is 14.6. The van der Waals surface area contributed by atoms with Crippen LogP contribution in [0.1, 0.15) is 26.8 Å². The first-order chi connectivity index (χ1) is 13.1. The molecule has 0 saturated carbocycles. The Morgan fingerprint density at radius 1 is 1.37 bits per heavy atom. The van der Waals surface area contributed by atoms with E-state index in [4.69, 9.17) is 9.47 Å². The molecule has 1 fully saturated rings. The number of hydrogen-bond donors (Lipinski definition) is 1. The fraction of sp³-hybridized carbons (Fsp3) is 0.500. The first-order valence-electron chi connectivity index (χ1n) is 9.48. The second-order valence-electron chi connectivity index (χ2n) is 6.85. The first kappa shape index (κ1) is 19.4. The predicted octanol–water partition coefficient (Wildman–Crippen LogP) is 3.40. The first-order valence-corrected chi connectivity index (χ1v) is 9.48. The maximum absolute atomic E-state index is 12.8. The number of ether oxygens (including phenoxy) is 2. The number of nitrogens with one attached hydrogen (secondary N) is 1. The third kappa shape index (κ3) is 4.87. The number of benzene rings is 1. The molecule has 1 aliphatic rings. The molecule has 1 atom stereocenters. The summed E-state index contributed by atoms with van der Waals surface area (Å²) >= 11 is 0. The van der Waals surface area contributed by atoms with E-state index in [9.17, 15) is 4.79 Å². The molecule has 0 bridgehead atoms. The van der Waals surface area contributed by atoms with Crippen molar-refractivity contribution in [1.29, 1.82) is 0 Å². The number of hydrogen-bond acceptors (Lipinski definition) is 4. The zero-order chi connectivity index (χ0) is 19.2. The number of amides is 2. The molecule has 146 valence electrons.